The van der Waals surface area contributed by atoms with Gasteiger partial charge in [0.15, 0.2) is 0 Å². The second-order valence-corrected chi connectivity index (χ2v) is 11.8. The van der Waals surface area contributed by atoms with Crippen LogP contribution >= 0.6 is 0 Å². The van der Waals surface area contributed by atoms with Crippen LogP contribution in [0.4, 0.5) is 5.82 Å². The van der Waals surface area contributed by atoms with Crippen molar-refractivity contribution in [3.63, 3.8) is 0 Å². The SMILES string of the molecule is O=C1c2cc(NC3CC4(CNC4)C3)ncc2C2(CC2)CN1C[C@H](O)CN1CCc2ccccc2C1. The summed E-state index contributed by atoms with van der Waals surface area (Å²) < 4.78 is 0. The van der Waals surface area contributed by atoms with Gasteiger partial charge in [-0.2, -0.15) is 0 Å². The van der Waals surface area contributed by atoms with E-state index in [1.54, 1.807) is 0 Å². The first-order chi connectivity index (χ1) is 17.0. The Bertz CT molecular complexity index is 1150. The molecule has 0 bridgehead atoms. The lowest BCUT2D eigenvalue weighted by Crippen LogP contribution is -2.63. The standard InChI is InChI=1S/C28H35N5O2/c34-22(14-32-8-5-19-3-1-2-4-20(19)13-32)15-33-18-28(6-7-28)24-12-30-25(9-23(24)26(33)35)31-21-10-27(11-21)16-29-17-27/h1-4,9,12,21-22,29,34H,5-8,10-11,13-18H2,(H,30,31)/t22-/m1/s1. The Hall–Kier alpha value is -2.48. The Morgan fingerprint density at radius 1 is 1.17 bits per heavy atom. The van der Waals surface area contributed by atoms with E-state index >= 15 is 0 Å². The van der Waals surface area contributed by atoms with Gasteiger partial charge < -0.3 is 20.6 Å². The van der Waals surface area contributed by atoms with Crippen LogP contribution in [-0.4, -0.2) is 77.2 Å². The summed E-state index contributed by atoms with van der Waals surface area (Å²) in [5.74, 6) is 0.855. The van der Waals surface area contributed by atoms with Crippen molar-refractivity contribution in [1.82, 2.24) is 20.1 Å². The van der Waals surface area contributed by atoms with E-state index in [4.69, 9.17) is 4.98 Å². The lowest BCUT2D eigenvalue weighted by atomic mass is 9.62. The van der Waals surface area contributed by atoms with E-state index in [-0.39, 0.29) is 11.3 Å². The van der Waals surface area contributed by atoms with Crippen molar-refractivity contribution < 1.29 is 9.90 Å². The van der Waals surface area contributed by atoms with Gasteiger partial charge >= 0.3 is 0 Å². The highest BCUT2D eigenvalue weighted by Crippen LogP contribution is 2.52. The molecule has 1 amide bonds. The van der Waals surface area contributed by atoms with Crippen molar-refractivity contribution in [3.05, 3.63) is 58.8 Å². The number of hydrogen-bond acceptors (Lipinski definition) is 6. The second-order valence-electron chi connectivity index (χ2n) is 11.8. The fourth-order valence-corrected chi connectivity index (χ4v) is 6.94. The first-order valence-corrected chi connectivity index (χ1v) is 13.3. The Morgan fingerprint density at radius 2 is 1.97 bits per heavy atom. The molecule has 1 saturated heterocycles. The minimum absolute atomic E-state index is 0.0384. The maximum atomic E-state index is 13.5. The number of hydrogen-bond donors (Lipinski definition) is 3. The van der Waals surface area contributed by atoms with Gasteiger partial charge in [-0.1, -0.05) is 24.3 Å². The molecule has 2 aliphatic carbocycles. The molecule has 3 aliphatic heterocycles. The molecule has 2 aromatic rings. The zero-order valence-electron chi connectivity index (χ0n) is 20.3. The van der Waals surface area contributed by atoms with Gasteiger partial charge in [-0.25, -0.2) is 4.98 Å². The fourth-order valence-electron chi connectivity index (χ4n) is 6.94. The molecule has 0 unspecified atom stereocenters. The number of nitrogens with zero attached hydrogens (tertiary/aromatic N) is 3. The summed E-state index contributed by atoms with van der Waals surface area (Å²) >= 11 is 0. The number of carbonyl (C=O) groups is 1. The van der Waals surface area contributed by atoms with Crippen LogP contribution in [0.1, 0.15) is 52.7 Å². The lowest BCUT2D eigenvalue weighted by molar-refractivity contribution is 0.0456. The first-order valence-electron chi connectivity index (χ1n) is 13.3. The summed E-state index contributed by atoms with van der Waals surface area (Å²) in [5, 5.41) is 17.9. The smallest absolute Gasteiger partial charge is 0.254 e. The highest BCUT2D eigenvalue weighted by Gasteiger charge is 2.52. The van der Waals surface area contributed by atoms with Gasteiger partial charge in [-0.05, 0) is 60.3 Å². The molecule has 7 heteroatoms. The van der Waals surface area contributed by atoms with Crippen LogP contribution in [0.3, 0.4) is 0 Å². The van der Waals surface area contributed by atoms with Crippen LogP contribution in [0.15, 0.2) is 36.5 Å². The predicted octanol–water partition coefficient (Wildman–Crippen LogP) is 2.15. The number of β-amino-alcohol motifs (C(OH)–C–C–N with tert-alkyl or cyclic N) is 1. The molecule has 3 fully saturated rings. The number of pyridine rings is 1. The van der Waals surface area contributed by atoms with E-state index in [9.17, 15) is 9.90 Å². The van der Waals surface area contributed by atoms with Crippen molar-refractivity contribution in [2.75, 3.05) is 44.6 Å². The van der Waals surface area contributed by atoms with Crippen molar-refractivity contribution in [2.45, 2.75) is 56.2 Å². The number of amides is 1. The number of nitrogens with one attached hydrogen (secondary N) is 2. The average Bonchev–Trinajstić information content (AvgIpc) is 3.58. The molecule has 1 atom stereocenters. The van der Waals surface area contributed by atoms with Crippen molar-refractivity contribution in [2.24, 2.45) is 5.41 Å². The summed E-state index contributed by atoms with van der Waals surface area (Å²) in [7, 11) is 0. The molecular weight excluding hydrogens is 438 g/mol. The fraction of sp³-hybridized carbons (Fsp3) is 0.571. The quantitative estimate of drug-likeness (QED) is 0.597. The van der Waals surface area contributed by atoms with E-state index in [1.165, 1.54) is 24.0 Å². The third-order valence-electron chi connectivity index (χ3n) is 9.16. The van der Waals surface area contributed by atoms with E-state index in [0.717, 1.165) is 62.4 Å². The van der Waals surface area contributed by atoms with E-state index < -0.39 is 6.10 Å². The maximum Gasteiger partial charge on any atom is 0.254 e. The number of rotatable bonds is 6. The molecule has 1 aromatic heterocycles. The molecule has 7 rings (SSSR count). The zero-order valence-corrected chi connectivity index (χ0v) is 20.3. The minimum Gasteiger partial charge on any atom is -0.390 e. The summed E-state index contributed by atoms with van der Waals surface area (Å²) in [4.78, 5) is 22.5. The molecule has 1 aromatic carbocycles. The van der Waals surface area contributed by atoms with Crippen LogP contribution in [-0.2, 0) is 18.4 Å². The number of aromatic nitrogens is 1. The Labute approximate surface area is 206 Å². The Kier molecular flexibility index (Phi) is 4.99. The van der Waals surface area contributed by atoms with Crippen LogP contribution in [0.5, 0.6) is 0 Å². The van der Waals surface area contributed by atoms with E-state index in [2.05, 4.69) is 39.8 Å². The number of aliphatic hydroxyl groups is 1. The normalized spacial score (nSPS) is 24.9. The minimum atomic E-state index is -0.553. The molecule has 184 valence electrons. The molecule has 0 radical (unpaired) electrons. The van der Waals surface area contributed by atoms with Crippen molar-refractivity contribution in [1.29, 1.82) is 0 Å². The van der Waals surface area contributed by atoms with Gasteiger partial charge in [-0.15, -0.1) is 0 Å². The molecular formula is C28H35N5O2. The van der Waals surface area contributed by atoms with Gasteiger partial charge in [0.25, 0.3) is 5.91 Å². The lowest BCUT2D eigenvalue weighted by Gasteiger charge is -2.54. The molecule has 4 heterocycles. The summed E-state index contributed by atoms with van der Waals surface area (Å²) in [6.07, 6.45) is 6.95. The first kappa shape index (κ1) is 21.8. The molecule has 7 nitrogen and oxygen atoms in total. The van der Waals surface area contributed by atoms with E-state index in [1.807, 2.05) is 17.2 Å². The van der Waals surface area contributed by atoms with Gasteiger partial charge in [0, 0.05) is 69.0 Å². The van der Waals surface area contributed by atoms with Crippen molar-refractivity contribution >= 4 is 11.7 Å². The topological polar surface area (TPSA) is 80.7 Å². The number of carbonyl (C=O) groups excluding carboxylic acids is 1. The van der Waals surface area contributed by atoms with Crippen LogP contribution in [0.2, 0.25) is 0 Å². The number of fused-ring (bicyclic) bond motifs is 3. The number of benzene rings is 1. The Morgan fingerprint density at radius 3 is 2.71 bits per heavy atom. The summed E-state index contributed by atoms with van der Waals surface area (Å²) in [5.41, 5.74) is 5.20. The van der Waals surface area contributed by atoms with Gasteiger partial charge in [0.1, 0.15) is 5.82 Å². The van der Waals surface area contributed by atoms with Crippen LogP contribution < -0.4 is 10.6 Å². The third-order valence-corrected chi connectivity index (χ3v) is 9.16. The highest BCUT2D eigenvalue weighted by atomic mass is 16.3. The van der Waals surface area contributed by atoms with Crippen LogP contribution in [0, 0.1) is 5.41 Å². The van der Waals surface area contributed by atoms with Gasteiger partial charge in [0.2, 0.25) is 0 Å². The molecule has 2 spiro atoms. The molecule has 5 aliphatic rings. The largest absolute Gasteiger partial charge is 0.390 e. The van der Waals surface area contributed by atoms with Crippen molar-refractivity contribution in [3.8, 4) is 0 Å². The zero-order chi connectivity index (χ0) is 23.6. The summed E-state index contributed by atoms with van der Waals surface area (Å²) in [6, 6.07) is 11.0. The van der Waals surface area contributed by atoms with Gasteiger partial charge in [-0.3, -0.25) is 9.69 Å². The van der Waals surface area contributed by atoms with Gasteiger partial charge in [0.05, 0.1) is 6.10 Å². The van der Waals surface area contributed by atoms with E-state index in [0.29, 0.717) is 31.1 Å². The molecule has 2 saturated carbocycles. The molecule has 35 heavy (non-hydrogen) atoms. The third kappa shape index (κ3) is 3.85. The Balaban J connectivity index is 1.02. The second kappa shape index (κ2) is 8.02. The average molecular weight is 474 g/mol. The number of anilines is 1. The maximum absolute atomic E-state index is 13.5. The molecule has 3 N–H and O–H groups in total. The van der Waals surface area contributed by atoms with Crippen LogP contribution in [0.25, 0.3) is 0 Å². The number of aliphatic hydroxyl groups excluding tert-OH is 1. The summed E-state index contributed by atoms with van der Waals surface area (Å²) in [6.45, 7) is 5.77. The predicted molar refractivity (Wildman–Crippen MR) is 134 cm³/mol. The highest BCUT2D eigenvalue weighted by molar-refractivity contribution is 5.98. The monoisotopic (exact) mass is 473 g/mol.